The van der Waals surface area contributed by atoms with Gasteiger partial charge in [-0.15, -0.1) is 0 Å². The number of aryl methyl sites for hydroxylation is 2. The molecule has 1 aliphatic heterocycles. The molecule has 1 aliphatic carbocycles. The Balaban J connectivity index is 1.76. The molecule has 0 N–H and O–H groups in total. The second kappa shape index (κ2) is 9.19. The van der Waals surface area contributed by atoms with Crippen molar-refractivity contribution in [2.45, 2.75) is 31.3 Å². The first-order valence-corrected chi connectivity index (χ1v) is 11.9. The monoisotopic (exact) mass is 484 g/mol. The summed E-state index contributed by atoms with van der Waals surface area (Å²) >= 11 is 0. The lowest BCUT2D eigenvalue weighted by Crippen LogP contribution is -2.63. The summed E-state index contributed by atoms with van der Waals surface area (Å²) in [4.78, 5) is 25.3. The van der Waals surface area contributed by atoms with Crippen LogP contribution in [0.1, 0.15) is 39.8 Å². The Hall–Kier alpha value is -4.06. The zero-order chi connectivity index (χ0) is 25.4. The zero-order valence-corrected chi connectivity index (χ0v) is 20.7. The van der Waals surface area contributed by atoms with Crippen LogP contribution in [0.2, 0.25) is 0 Å². The van der Waals surface area contributed by atoms with E-state index >= 15 is 0 Å². The number of rotatable bonds is 6. The molecule has 2 heterocycles. The van der Waals surface area contributed by atoms with E-state index in [9.17, 15) is 9.59 Å². The molecule has 6 heteroatoms. The lowest BCUT2D eigenvalue weighted by molar-refractivity contribution is -0.182. The van der Waals surface area contributed by atoms with Gasteiger partial charge in [0.1, 0.15) is 17.3 Å². The quantitative estimate of drug-likeness (QED) is 0.442. The topological polar surface area (TPSA) is 75.0 Å². The van der Waals surface area contributed by atoms with Crippen LogP contribution in [-0.4, -0.2) is 25.8 Å². The van der Waals surface area contributed by atoms with E-state index in [1.165, 1.54) is 19.3 Å². The molecule has 5 rings (SSSR count). The average molecular weight is 485 g/mol. The number of hydrogen-bond acceptors (Lipinski definition) is 6. The number of ether oxygens (including phenoxy) is 3. The summed E-state index contributed by atoms with van der Waals surface area (Å²) in [5.41, 5.74) is 2.58. The number of carbonyl (C=O) groups excluding carboxylic acids is 1. The maximum atomic E-state index is 12.9. The van der Waals surface area contributed by atoms with Crippen molar-refractivity contribution in [2.75, 3.05) is 14.2 Å². The SMILES string of the molecule is COC1=CC(=O)OC2(/C=C/c3ccccc3C)C1C(c1ccccc1C)C2c1cc(OC)cc(=O)o1. The summed E-state index contributed by atoms with van der Waals surface area (Å²) in [6, 6.07) is 19.0. The first kappa shape index (κ1) is 23.7. The highest BCUT2D eigenvalue weighted by Crippen LogP contribution is 2.66. The Kier molecular flexibility index (Phi) is 6.04. The molecule has 36 heavy (non-hydrogen) atoms. The second-order valence-electron chi connectivity index (χ2n) is 9.27. The van der Waals surface area contributed by atoms with Gasteiger partial charge in [0.05, 0.1) is 38.2 Å². The Labute approximate surface area is 209 Å². The second-order valence-corrected chi connectivity index (χ2v) is 9.27. The average Bonchev–Trinajstić information content (AvgIpc) is 2.85. The van der Waals surface area contributed by atoms with E-state index in [0.717, 1.165) is 22.3 Å². The first-order valence-electron chi connectivity index (χ1n) is 11.9. The molecular weight excluding hydrogens is 456 g/mol. The maximum Gasteiger partial charge on any atom is 0.339 e. The molecule has 0 radical (unpaired) electrons. The lowest BCUT2D eigenvalue weighted by atomic mass is 9.48. The van der Waals surface area contributed by atoms with Gasteiger partial charge in [-0.3, -0.25) is 0 Å². The third kappa shape index (κ3) is 3.83. The van der Waals surface area contributed by atoms with E-state index in [-0.39, 0.29) is 11.8 Å². The lowest BCUT2D eigenvalue weighted by Gasteiger charge is -2.59. The van der Waals surface area contributed by atoms with Gasteiger partial charge in [0, 0.05) is 12.0 Å². The van der Waals surface area contributed by atoms with E-state index in [1.54, 1.807) is 13.2 Å². The predicted octanol–water partition coefficient (Wildman–Crippen LogP) is 5.30. The molecule has 4 atom stereocenters. The van der Waals surface area contributed by atoms with Gasteiger partial charge < -0.3 is 18.6 Å². The molecule has 0 saturated heterocycles. The van der Waals surface area contributed by atoms with Crippen molar-refractivity contribution in [3.05, 3.63) is 117 Å². The fraction of sp³-hybridized carbons (Fsp3) is 0.267. The Bertz CT molecular complexity index is 1430. The summed E-state index contributed by atoms with van der Waals surface area (Å²) in [6.07, 6.45) is 5.30. The van der Waals surface area contributed by atoms with Gasteiger partial charge in [-0.2, -0.15) is 0 Å². The standard InChI is InChI=1S/C30H28O6/c1-18-9-5-7-11-20(18)13-14-30-28(23(34-4)17-26(32)36-30)27(22-12-8-6-10-19(22)2)29(30)24-15-21(33-3)16-25(31)35-24/h5-17,27-29H,1-4H3/b14-13+. The summed E-state index contributed by atoms with van der Waals surface area (Å²) in [5.74, 6) is -0.175. The zero-order valence-electron chi connectivity index (χ0n) is 20.7. The van der Waals surface area contributed by atoms with E-state index in [2.05, 4.69) is 6.07 Å². The minimum absolute atomic E-state index is 0.178. The molecule has 1 fully saturated rings. The van der Waals surface area contributed by atoms with Gasteiger partial charge in [0.2, 0.25) is 0 Å². The molecule has 184 valence electrons. The van der Waals surface area contributed by atoms with Crippen LogP contribution in [0.15, 0.2) is 87.8 Å². The van der Waals surface area contributed by atoms with Gasteiger partial charge in [-0.05, 0) is 42.2 Å². The largest absolute Gasteiger partial charge is 0.500 e. The number of esters is 1. The fourth-order valence-electron chi connectivity index (χ4n) is 5.65. The molecule has 0 amide bonds. The third-order valence-corrected chi connectivity index (χ3v) is 7.33. The third-order valence-electron chi connectivity index (χ3n) is 7.33. The Morgan fingerprint density at radius 1 is 0.889 bits per heavy atom. The van der Waals surface area contributed by atoms with Crippen LogP contribution >= 0.6 is 0 Å². The molecule has 0 bridgehead atoms. The summed E-state index contributed by atoms with van der Waals surface area (Å²) in [5, 5.41) is 0. The van der Waals surface area contributed by atoms with Crippen molar-refractivity contribution in [2.24, 2.45) is 5.92 Å². The van der Waals surface area contributed by atoms with Crippen LogP contribution in [0.4, 0.5) is 0 Å². The maximum absolute atomic E-state index is 12.9. The van der Waals surface area contributed by atoms with Gasteiger partial charge in [-0.25, -0.2) is 9.59 Å². The highest BCUT2D eigenvalue weighted by molar-refractivity contribution is 5.85. The summed E-state index contributed by atoms with van der Waals surface area (Å²) in [6.45, 7) is 4.07. The number of hydrogen-bond donors (Lipinski definition) is 0. The first-order chi connectivity index (χ1) is 17.4. The van der Waals surface area contributed by atoms with E-state index in [0.29, 0.717) is 17.3 Å². The molecule has 4 unspecified atom stereocenters. The molecule has 1 saturated carbocycles. The molecule has 6 nitrogen and oxygen atoms in total. The number of methoxy groups -OCH3 is 2. The van der Waals surface area contributed by atoms with Gasteiger partial charge in [-0.1, -0.05) is 54.6 Å². The molecule has 2 aliphatic rings. The molecular formula is C30H28O6. The van der Waals surface area contributed by atoms with Crippen LogP contribution in [0, 0.1) is 19.8 Å². The van der Waals surface area contributed by atoms with Crippen molar-refractivity contribution in [1.82, 2.24) is 0 Å². The van der Waals surface area contributed by atoms with Crippen LogP contribution in [0.25, 0.3) is 6.08 Å². The predicted molar refractivity (Wildman–Crippen MR) is 136 cm³/mol. The van der Waals surface area contributed by atoms with E-state index in [1.807, 2.05) is 68.5 Å². The van der Waals surface area contributed by atoms with Gasteiger partial charge in [0.15, 0.2) is 5.60 Å². The molecule has 1 aromatic heterocycles. The van der Waals surface area contributed by atoms with Gasteiger partial charge >= 0.3 is 11.6 Å². The van der Waals surface area contributed by atoms with Crippen molar-refractivity contribution in [3.63, 3.8) is 0 Å². The Morgan fingerprint density at radius 2 is 1.61 bits per heavy atom. The molecule has 0 spiro atoms. The van der Waals surface area contributed by atoms with Crippen molar-refractivity contribution in [3.8, 4) is 5.75 Å². The van der Waals surface area contributed by atoms with E-state index in [4.69, 9.17) is 18.6 Å². The smallest absolute Gasteiger partial charge is 0.339 e. The fourth-order valence-corrected chi connectivity index (χ4v) is 5.65. The summed E-state index contributed by atoms with van der Waals surface area (Å²) in [7, 11) is 3.06. The minimum Gasteiger partial charge on any atom is -0.500 e. The summed E-state index contributed by atoms with van der Waals surface area (Å²) < 4.78 is 23.0. The van der Waals surface area contributed by atoms with Crippen molar-refractivity contribution < 1.29 is 23.4 Å². The highest BCUT2D eigenvalue weighted by Gasteiger charge is 2.69. The van der Waals surface area contributed by atoms with Crippen LogP contribution in [0.3, 0.4) is 0 Å². The molecule has 2 aromatic carbocycles. The van der Waals surface area contributed by atoms with Crippen molar-refractivity contribution >= 4 is 12.0 Å². The number of fused-ring (bicyclic) bond motifs is 1. The highest BCUT2D eigenvalue weighted by atomic mass is 16.6. The van der Waals surface area contributed by atoms with Crippen LogP contribution < -0.4 is 10.4 Å². The number of benzene rings is 2. The van der Waals surface area contributed by atoms with E-state index < -0.39 is 23.1 Å². The van der Waals surface area contributed by atoms with Crippen molar-refractivity contribution in [1.29, 1.82) is 0 Å². The molecule has 3 aromatic rings. The normalized spacial score (nSPS) is 24.9. The van der Waals surface area contributed by atoms with Crippen LogP contribution in [0.5, 0.6) is 5.75 Å². The Morgan fingerprint density at radius 3 is 2.31 bits per heavy atom. The number of carbonyl (C=O) groups is 1. The van der Waals surface area contributed by atoms with Crippen LogP contribution in [-0.2, 0) is 14.3 Å². The van der Waals surface area contributed by atoms with Gasteiger partial charge in [0.25, 0.3) is 0 Å². The minimum atomic E-state index is -1.13.